The Balaban J connectivity index is 2.72. The molecule has 1 aromatic heterocycles. The lowest BCUT2D eigenvalue weighted by Crippen LogP contribution is -2.01. The van der Waals surface area contributed by atoms with Crippen LogP contribution in [0, 0.1) is 0 Å². The molecule has 0 aromatic carbocycles. The maximum Gasteiger partial charge on any atom is 0.216 e. The molecule has 1 rings (SSSR count). The van der Waals surface area contributed by atoms with Crippen LogP contribution in [0.15, 0.2) is 16.5 Å². The van der Waals surface area contributed by atoms with Gasteiger partial charge >= 0.3 is 0 Å². The second kappa shape index (κ2) is 4.28. The van der Waals surface area contributed by atoms with E-state index in [1.54, 1.807) is 14.2 Å². The summed E-state index contributed by atoms with van der Waals surface area (Å²) in [5.41, 5.74) is 0. The van der Waals surface area contributed by atoms with Gasteiger partial charge in [-0.2, -0.15) is 0 Å². The first-order valence-corrected chi connectivity index (χ1v) is 3.96. The summed E-state index contributed by atoms with van der Waals surface area (Å²) in [5, 5.41) is 0. The highest BCUT2D eigenvalue weighted by Crippen LogP contribution is 2.19. The molecule has 0 N–H and O–H groups in total. The third-order valence-electron chi connectivity index (χ3n) is 1.69. The van der Waals surface area contributed by atoms with Crippen molar-refractivity contribution in [3.8, 4) is 0 Å². The van der Waals surface area contributed by atoms with E-state index in [1.165, 1.54) is 0 Å². The molecule has 0 saturated heterocycles. The minimum absolute atomic E-state index is 0.384. The molecule has 0 saturated carbocycles. The number of hydrogen-bond acceptors (Lipinski definition) is 3. The Labute approximate surface area is 72.3 Å². The summed E-state index contributed by atoms with van der Waals surface area (Å²) in [6.07, 6.45) is 0.505. The van der Waals surface area contributed by atoms with Gasteiger partial charge in [0.25, 0.3) is 0 Å². The first kappa shape index (κ1) is 9.29. The van der Waals surface area contributed by atoms with Crippen molar-refractivity contribution in [2.24, 2.45) is 0 Å². The highest BCUT2D eigenvalue weighted by molar-refractivity contribution is 5.07. The van der Waals surface area contributed by atoms with Crippen LogP contribution in [0.25, 0.3) is 0 Å². The zero-order valence-corrected chi connectivity index (χ0v) is 7.66. The molecule has 1 heterocycles. The van der Waals surface area contributed by atoms with Gasteiger partial charge in [0.2, 0.25) is 6.29 Å². The summed E-state index contributed by atoms with van der Waals surface area (Å²) >= 11 is 0. The summed E-state index contributed by atoms with van der Waals surface area (Å²) in [7, 11) is 3.17. The monoisotopic (exact) mass is 170 g/mol. The fourth-order valence-corrected chi connectivity index (χ4v) is 1.04. The molecule has 1 aromatic rings. The van der Waals surface area contributed by atoms with Gasteiger partial charge in [0.05, 0.1) is 0 Å². The van der Waals surface area contributed by atoms with Crippen molar-refractivity contribution < 1.29 is 13.9 Å². The van der Waals surface area contributed by atoms with Gasteiger partial charge in [-0.15, -0.1) is 0 Å². The van der Waals surface area contributed by atoms with E-state index in [-0.39, 0.29) is 6.29 Å². The maximum absolute atomic E-state index is 5.43. The lowest BCUT2D eigenvalue weighted by atomic mass is 10.3. The Bertz CT molecular complexity index is 225. The zero-order chi connectivity index (χ0) is 8.97. The Kier molecular flexibility index (Phi) is 3.31. The molecule has 0 bridgehead atoms. The predicted molar refractivity (Wildman–Crippen MR) is 44.8 cm³/mol. The van der Waals surface area contributed by atoms with E-state index in [9.17, 15) is 0 Å². The number of furan rings is 1. The van der Waals surface area contributed by atoms with E-state index in [4.69, 9.17) is 13.9 Å². The van der Waals surface area contributed by atoms with Crippen LogP contribution < -0.4 is 0 Å². The molecule has 0 radical (unpaired) electrons. The maximum atomic E-state index is 5.43. The number of hydrogen-bond donors (Lipinski definition) is 0. The van der Waals surface area contributed by atoms with Crippen LogP contribution >= 0.6 is 0 Å². The van der Waals surface area contributed by atoms with E-state index >= 15 is 0 Å². The van der Waals surface area contributed by atoms with Gasteiger partial charge in [-0.05, 0) is 12.1 Å². The van der Waals surface area contributed by atoms with E-state index < -0.39 is 0 Å². The van der Waals surface area contributed by atoms with Gasteiger partial charge in [0.1, 0.15) is 5.76 Å². The molecular formula is C9H14O3. The second-order valence-electron chi connectivity index (χ2n) is 2.46. The molecule has 68 valence electrons. The molecule has 0 amide bonds. The van der Waals surface area contributed by atoms with E-state index in [2.05, 4.69) is 0 Å². The van der Waals surface area contributed by atoms with Crippen molar-refractivity contribution in [2.75, 3.05) is 14.2 Å². The van der Waals surface area contributed by atoms with Gasteiger partial charge in [-0.1, -0.05) is 6.92 Å². The molecule has 0 fully saturated rings. The van der Waals surface area contributed by atoms with Gasteiger partial charge in [0, 0.05) is 20.6 Å². The van der Waals surface area contributed by atoms with Gasteiger partial charge < -0.3 is 13.9 Å². The molecule has 0 aliphatic heterocycles. The Morgan fingerprint density at radius 3 is 2.42 bits per heavy atom. The normalized spacial score (nSPS) is 11.0. The van der Waals surface area contributed by atoms with Crippen LogP contribution in [0.2, 0.25) is 0 Å². The fraction of sp³-hybridized carbons (Fsp3) is 0.556. The number of ether oxygens (including phenoxy) is 2. The van der Waals surface area contributed by atoms with Crippen molar-refractivity contribution in [1.82, 2.24) is 0 Å². The minimum Gasteiger partial charge on any atom is -0.461 e. The van der Waals surface area contributed by atoms with Crippen LogP contribution in [0.1, 0.15) is 24.7 Å². The lowest BCUT2D eigenvalue weighted by molar-refractivity contribution is -0.118. The highest BCUT2D eigenvalue weighted by atomic mass is 16.7. The largest absolute Gasteiger partial charge is 0.461 e. The van der Waals surface area contributed by atoms with Crippen LogP contribution in [0.4, 0.5) is 0 Å². The zero-order valence-electron chi connectivity index (χ0n) is 7.66. The summed E-state index contributed by atoms with van der Waals surface area (Å²) in [5.74, 6) is 1.67. The Hall–Kier alpha value is -0.800. The van der Waals surface area contributed by atoms with Crippen LogP contribution in [-0.2, 0) is 15.9 Å². The molecule has 0 aliphatic carbocycles. The third-order valence-corrected chi connectivity index (χ3v) is 1.69. The number of rotatable bonds is 4. The standard InChI is InChI=1S/C9H14O3/c1-4-7-5-6-8(12-7)9(10-2)11-3/h5-6,9H,4H2,1-3H3. The summed E-state index contributed by atoms with van der Waals surface area (Å²) < 4.78 is 15.5. The molecule has 0 unspecified atom stereocenters. The first-order chi connectivity index (χ1) is 5.81. The fourth-order valence-electron chi connectivity index (χ4n) is 1.04. The van der Waals surface area contributed by atoms with Gasteiger partial charge in [-0.3, -0.25) is 0 Å². The molecule has 0 atom stereocenters. The molecule has 3 nitrogen and oxygen atoms in total. The topological polar surface area (TPSA) is 31.6 Å². The van der Waals surface area contributed by atoms with Crippen molar-refractivity contribution in [3.63, 3.8) is 0 Å². The molecule has 0 aliphatic rings. The van der Waals surface area contributed by atoms with Crippen LogP contribution in [0.5, 0.6) is 0 Å². The van der Waals surface area contributed by atoms with Crippen molar-refractivity contribution in [2.45, 2.75) is 19.6 Å². The quantitative estimate of drug-likeness (QED) is 0.649. The Morgan fingerprint density at radius 2 is 2.00 bits per heavy atom. The van der Waals surface area contributed by atoms with Crippen molar-refractivity contribution in [1.29, 1.82) is 0 Å². The van der Waals surface area contributed by atoms with E-state index in [0.29, 0.717) is 0 Å². The predicted octanol–water partition coefficient (Wildman–Crippen LogP) is 2.13. The number of aryl methyl sites for hydroxylation is 1. The van der Waals surface area contributed by atoms with E-state index in [1.807, 2.05) is 19.1 Å². The molecular weight excluding hydrogens is 156 g/mol. The minimum atomic E-state index is -0.384. The van der Waals surface area contributed by atoms with Crippen molar-refractivity contribution in [3.05, 3.63) is 23.7 Å². The first-order valence-electron chi connectivity index (χ1n) is 3.96. The smallest absolute Gasteiger partial charge is 0.216 e. The van der Waals surface area contributed by atoms with Crippen LogP contribution in [0.3, 0.4) is 0 Å². The molecule has 3 heteroatoms. The SMILES string of the molecule is CCc1ccc(C(OC)OC)o1. The van der Waals surface area contributed by atoms with Gasteiger partial charge in [-0.25, -0.2) is 0 Å². The molecule has 0 spiro atoms. The average molecular weight is 170 g/mol. The second-order valence-corrected chi connectivity index (χ2v) is 2.46. The lowest BCUT2D eigenvalue weighted by Gasteiger charge is -2.09. The van der Waals surface area contributed by atoms with E-state index in [0.717, 1.165) is 17.9 Å². The highest BCUT2D eigenvalue weighted by Gasteiger charge is 2.12. The van der Waals surface area contributed by atoms with Crippen molar-refractivity contribution >= 4 is 0 Å². The van der Waals surface area contributed by atoms with Crippen LogP contribution in [-0.4, -0.2) is 14.2 Å². The molecule has 12 heavy (non-hydrogen) atoms. The van der Waals surface area contributed by atoms with Gasteiger partial charge in [0.15, 0.2) is 5.76 Å². The number of methoxy groups -OCH3 is 2. The summed E-state index contributed by atoms with van der Waals surface area (Å²) in [4.78, 5) is 0. The summed E-state index contributed by atoms with van der Waals surface area (Å²) in [6, 6.07) is 3.80. The third kappa shape index (κ3) is 1.87. The average Bonchev–Trinajstić information content (AvgIpc) is 2.55. The Morgan fingerprint density at radius 1 is 1.33 bits per heavy atom. The summed E-state index contributed by atoms with van der Waals surface area (Å²) in [6.45, 7) is 2.04.